The maximum Gasteiger partial charge on any atom is 0.258 e. The molecule has 1 N–H and O–H groups in total. The molecule has 9 nitrogen and oxygen atoms in total. The number of hydrogen-bond donors (Lipinski definition) is 1. The van der Waals surface area contributed by atoms with E-state index in [1.54, 1.807) is 72.8 Å². The largest absolute Gasteiger partial charge is 0.491 e. The van der Waals surface area contributed by atoms with E-state index in [1.807, 2.05) is 12.1 Å². The van der Waals surface area contributed by atoms with Crippen molar-refractivity contribution in [2.24, 2.45) is 17.8 Å². The van der Waals surface area contributed by atoms with Gasteiger partial charge in [-0.2, -0.15) is 0 Å². The molecule has 4 aromatic rings. The lowest BCUT2D eigenvalue weighted by Crippen LogP contribution is -2.60. The van der Waals surface area contributed by atoms with Crippen LogP contribution in [-0.2, 0) is 19.2 Å². The third-order valence-electron chi connectivity index (χ3n) is 10.9. The Balaban J connectivity index is 1.19. The van der Waals surface area contributed by atoms with Gasteiger partial charge in [-0.15, -0.1) is 23.2 Å². The van der Waals surface area contributed by atoms with Gasteiger partial charge in [0.05, 0.1) is 29.8 Å². The highest BCUT2D eigenvalue weighted by Gasteiger charge is 2.76. The van der Waals surface area contributed by atoms with E-state index in [2.05, 4.69) is 0 Å². The van der Waals surface area contributed by atoms with Gasteiger partial charge in [-0.25, -0.2) is 9.29 Å². The van der Waals surface area contributed by atoms with Crippen molar-refractivity contribution in [3.8, 4) is 5.75 Å². The smallest absolute Gasteiger partial charge is 0.258 e. The Morgan fingerprint density at radius 2 is 1.40 bits per heavy atom. The molecule has 0 unspecified atom stereocenters. The van der Waals surface area contributed by atoms with Crippen LogP contribution >= 0.6 is 23.2 Å². The molecule has 6 atom stereocenters. The number of alkyl halides is 2. The molecule has 4 aromatic carbocycles. The fourth-order valence-corrected chi connectivity index (χ4v) is 9.40. The highest BCUT2D eigenvalue weighted by molar-refractivity contribution is 6.58. The predicted molar refractivity (Wildman–Crippen MR) is 194 cm³/mol. The summed E-state index contributed by atoms with van der Waals surface area (Å²) in [7, 11) is 0. The molecule has 53 heavy (non-hydrogen) atoms. The monoisotopic (exact) mass is 752 g/mol. The molecule has 2 heterocycles. The molecule has 0 bridgehead atoms. The van der Waals surface area contributed by atoms with Crippen LogP contribution in [0.2, 0.25) is 0 Å². The van der Waals surface area contributed by atoms with Crippen molar-refractivity contribution in [3.63, 3.8) is 0 Å². The van der Waals surface area contributed by atoms with Gasteiger partial charge in [-0.05, 0) is 85.0 Å². The number of carbonyl (C=O) groups is 5. The number of imide groups is 2. The highest BCUT2D eigenvalue weighted by Crippen LogP contribution is 2.66. The van der Waals surface area contributed by atoms with Crippen molar-refractivity contribution in [1.29, 1.82) is 0 Å². The van der Waals surface area contributed by atoms with E-state index in [-0.39, 0.29) is 37.5 Å². The lowest BCUT2D eigenvalue weighted by atomic mass is 9.56. The van der Waals surface area contributed by atoms with Crippen molar-refractivity contribution in [1.82, 2.24) is 0 Å². The number of aliphatic hydroxyl groups excluding tert-OH is 1. The Morgan fingerprint density at radius 1 is 0.774 bits per heavy atom. The maximum atomic E-state index is 14.5. The van der Waals surface area contributed by atoms with Crippen LogP contribution in [0.1, 0.15) is 40.2 Å². The molecule has 3 fully saturated rings. The molecule has 0 radical (unpaired) electrons. The van der Waals surface area contributed by atoms with Gasteiger partial charge in [0, 0.05) is 17.0 Å². The van der Waals surface area contributed by atoms with Gasteiger partial charge >= 0.3 is 0 Å². The Hall–Kier alpha value is -5.16. The number of aliphatic hydroxyl groups is 1. The molecule has 4 aliphatic rings. The predicted octanol–water partition coefficient (Wildman–Crippen LogP) is 6.20. The Labute approximate surface area is 313 Å². The van der Waals surface area contributed by atoms with Crippen LogP contribution in [-0.4, -0.2) is 57.5 Å². The summed E-state index contributed by atoms with van der Waals surface area (Å²) in [5, 5.41) is 9.22. The summed E-state index contributed by atoms with van der Waals surface area (Å²) < 4.78 is 19.5. The lowest BCUT2D eigenvalue weighted by molar-refractivity contribution is -0.125. The average Bonchev–Trinajstić information content (AvgIpc) is 3.52. The first-order valence-corrected chi connectivity index (χ1v) is 17.9. The summed E-state index contributed by atoms with van der Waals surface area (Å²) in [4.78, 5) is 68.4. The zero-order chi connectivity index (χ0) is 37.2. The summed E-state index contributed by atoms with van der Waals surface area (Å²) in [5.41, 5.74) is 2.40. The first-order chi connectivity index (χ1) is 25.5. The van der Waals surface area contributed by atoms with Crippen LogP contribution in [0, 0.1) is 23.6 Å². The van der Waals surface area contributed by atoms with E-state index >= 15 is 0 Å². The number of amides is 4. The fourth-order valence-electron chi connectivity index (χ4n) is 8.47. The third-order valence-corrected chi connectivity index (χ3v) is 12.3. The zero-order valence-corrected chi connectivity index (χ0v) is 29.5. The van der Waals surface area contributed by atoms with Crippen LogP contribution in [0.3, 0.4) is 0 Å². The van der Waals surface area contributed by atoms with Gasteiger partial charge in [0.1, 0.15) is 18.2 Å². The number of carbonyl (C=O) groups excluding carboxylic acids is 5. The van der Waals surface area contributed by atoms with E-state index in [0.717, 1.165) is 21.9 Å². The summed E-state index contributed by atoms with van der Waals surface area (Å²) in [5.74, 6) is -6.34. The molecule has 4 amide bonds. The SMILES string of the molecule is O=C(c1ccccc1)c1ccc(N2C(=O)[C@H]3[C@H](CC=C4[C@H]3C[C@@]3(Cl)C(=O)N(c5ccc(F)cc5)C(=O)[C@@]3(Cl)[C@H]4c3ccc(OCCO)cc3)C2=O)cc1. The molecule has 8 rings (SSSR count). The Morgan fingerprint density at radius 3 is 2.06 bits per heavy atom. The molecule has 0 aromatic heterocycles. The molecule has 12 heteroatoms. The number of halogens is 3. The molecule has 268 valence electrons. The molecular weight excluding hydrogens is 722 g/mol. The van der Waals surface area contributed by atoms with Crippen molar-refractivity contribution in [3.05, 3.63) is 137 Å². The van der Waals surface area contributed by atoms with Gasteiger partial charge < -0.3 is 9.84 Å². The number of allylic oxidation sites excluding steroid dienone is 2. The van der Waals surface area contributed by atoms with Crippen LogP contribution in [0.25, 0.3) is 0 Å². The number of nitrogens with zero attached hydrogens (tertiary/aromatic N) is 2. The average molecular weight is 754 g/mol. The number of ether oxygens (including phenoxy) is 1. The summed E-state index contributed by atoms with van der Waals surface area (Å²) >= 11 is 14.9. The van der Waals surface area contributed by atoms with Gasteiger partial charge in [0.2, 0.25) is 11.8 Å². The topological polar surface area (TPSA) is 121 Å². The summed E-state index contributed by atoms with van der Waals surface area (Å²) in [6.07, 6.45) is 1.78. The van der Waals surface area contributed by atoms with Gasteiger partial charge in [-0.1, -0.05) is 54.1 Å². The second-order valence-electron chi connectivity index (χ2n) is 13.6. The minimum Gasteiger partial charge on any atom is -0.491 e. The van der Waals surface area contributed by atoms with Crippen molar-refractivity contribution >= 4 is 64.0 Å². The Kier molecular flexibility index (Phi) is 8.59. The van der Waals surface area contributed by atoms with Crippen LogP contribution in [0.5, 0.6) is 5.75 Å². The Bertz CT molecular complexity index is 2200. The van der Waals surface area contributed by atoms with Crippen molar-refractivity contribution < 1.29 is 38.2 Å². The van der Waals surface area contributed by atoms with Crippen LogP contribution < -0.4 is 14.5 Å². The first kappa shape index (κ1) is 34.9. The van der Waals surface area contributed by atoms with E-state index in [0.29, 0.717) is 33.7 Å². The number of ketones is 1. The van der Waals surface area contributed by atoms with Crippen molar-refractivity contribution in [2.45, 2.75) is 28.5 Å². The summed E-state index contributed by atoms with van der Waals surface area (Å²) in [6.45, 7) is -0.141. The van der Waals surface area contributed by atoms with Crippen LogP contribution in [0.15, 0.2) is 115 Å². The van der Waals surface area contributed by atoms with Crippen molar-refractivity contribution in [2.75, 3.05) is 23.0 Å². The molecule has 1 saturated carbocycles. The van der Waals surface area contributed by atoms with Gasteiger partial charge in [0.15, 0.2) is 15.5 Å². The number of anilines is 2. The zero-order valence-electron chi connectivity index (χ0n) is 28.0. The molecule has 2 aliphatic heterocycles. The first-order valence-electron chi connectivity index (χ1n) is 17.1. The number of fused-ring (bicyclic) bond motifs is 4. The summed E-state index contributed by atoms with van der Waals surface area (Å²) in [6, 6.07) is 26.5. The van der Waals surface area contributed by atoms with Gasteiger partial charge in [0.25, 0.3) is 11.8 Å². The lowest BCUT2D eigenvalue weighted by Gasteiger charge is -2.50. The maximum absolute atomic E-state index is 14.5. The normalized spacial score (nSPS) is 27.7. The second kappa shape index (κ2) is 13.1. The van der Waals surface area contributed by atoms with E-state index in [9.17, 15) is 33.5 Å². The number of benzene rings is 4. The standard InChI is InChI=1S/C41H31Cl2FN2O7/c42-40-22-32-30(18-19-31-33(32)37(50)45(36(31)49)27-12-6-25(7-13-27)35(48)24-4-2-1-3-5-24)34(23-8-16-29(17-9-23)53-21-20-47)41(40,43)39(52)46(38(40)51)28-14-10-26(44)11-15-28/h1-18,31-34,47H,19-22H2/t31-,32+,33-,34-,40+,41-/m0/s1. The van der Waals surface area contributed by atoms with E-state index < -0.39 is 62.9 Å². The molecule has 0 spiro atoms. The van der Waals surface area contributed by atoms with E-state index in [4.69, 9.17) is 27.9 Å². The van der Waals surface area contributed by atoms with Crippen LogP contribution in [0.4, 0.5) is 15.8 Å². The number of hydrogen-bond acceptors (Lipinski definition) is 7. The number of rotatable bonds is 8. The minimum absolute atomic E-state index is 0.0572. The quantitative estimate of drug-likeness (QED) is 0.0986. The van der Waals surface area contributed by atoms with E-state index in [1.165, 1.54) is 12.1 Å². The third kappa shape index (κ3) is 5.26. The molecule has 2 saturated heterocycles. The fraction of sp³-hybridized carbons (Fsp3) is 0.244. The minimum atomic E-state index is -2.07. The molecule has 2 aliphatic carbocycles. The second-order valence-corrected chi connectivity index (χ2v) is 14.9. The highest BCUT2D eigenvalue weighted by atomic mass is 35.5. The van der Waals surface area contributed by atoms with Gasteiger partial charge in [-0.3, -0.25) is 28.9 Å². The molecular formula is C41H31Cl2FN2O7.